The Morgan fingerprint density at radius 3 is 2.76 bits per heavy atom. The van der Waals surface area contributed by atoms with Crippen LogP contribution in [0.25, 0.3) is 0 Å². The Labute approximate surface area is 102 Å². The Balaban J connectivity index is 2.69. The molecule has 0 saturated carbocycles. The molecule has 4 heteroatoms. The van der Waals surface area contributed by atoms with Crippen molar-refractivity contribution in [3.63, 3.8) is 0 Å². The molecule has 0 bridgehead atoms. The number of aryl methyl sites for hydroxylation is 1. The highest BCUT2D eigenvalue weighted by molar-refractivity contribution is 5.97. The summed E-state index contributed by atoms with van der Waals surface area (Å²) < 4.78 is 0. The van der Waals surface area contributed by atoms with Crippen LogP contribution in [0.4, 0.5) is 5.69 Å². The summed E-state index contributed by atoms with van der Waals surface area (Å²) in [6, 6.07) is 7.58. The number of hydrogen-bond donors (Lipinski definition) is 3. The quantitative estimate of drug-likeness (QED) is 0.721. The van der Waals surface area contributed by atoms with Gasteiger partial charge in [-0.3, -0.25) is 4.79 Å². The molecule has 0 aliphatic rings. The van der Waals surface area contributed by atoms with Crippen LogP contribution in [0.1, 0.15) is 25.8 Å². The molecule has 4 N–H and O–H groups in total. The van der Waals surface area contributed by atoms with Gasteiger partial charge in [0.1, 0.15) is 0 Å². The number of aliphatic hydroxyl groups excluding tert-OH is 1. The third-order valence-electron chi connectivity index (χ3n) is 2.39. The van der Waals surface area contributed by atoms with Crippen LogP contribution < -0.4 is 11.1 Å². The summed E-state index contributed by atoms with van der Waals surface area (Å²) in [6.07, 6.45) is 1.52. The van der Waals surface area contributed by atoms with Gasteiger partial charge in [-0.2, -0.15) is 0 Å². The van der Waals surface area contributed by atoms with E-state index in [1.165, 1.54) is 0 Å². The van der Waals surface area contributed by atoms with E-state index in [9.17, 15) is 4.79 Å². The molecule has 1 aromatic rings. The molecule has 0 aliphatic heterocycles. The lowest BCUT2D eigenvalue weighted by Gasteiger charge is -2.18. The first-order chi connectivity index (χ1) is 7.93. The number of nitrogens with one attached hydrogen (secondary N) is 1. The highest BCUT2D eigenvalue weighted by Gasteiger charge is 2.21. The number of benzene rings is 1. The predicted octanol–water partition coefficient (Wildman–Crippen LogP) is 1.29. The SMILES string of the molecule is CC(C)(N)C(=O)Nc1cccc(CCCO)c1. The molecule has 0 saturated heterocycles. The lowest BCUT2D eigenvalue weighted by Crippen LogP contribution is -2.45. The summed E-state index contributed by atoms with van der Waals surface area (Å²) in [5.41, 5.74) is 6.64. The lowest BCUT2D eigenvalue weighted by molar-refractivity contribution is -0.120. The molecule has 0 aromatic heterocycles. The van der Waals surface area contributed by atoms with Gasteiger partial charge in [-0.15, -0.1) is 0 Å². The molecule has 0 unspecified atom stereocenters. The van der Waals surface area contributed by atoms with Gasteiger partial charge < -0.3 is 16.2 Å². The summed E-state index contributed by atoms with van der Waals surface area (Å²) in [4.78, 5) is 11.7. The van der Waals surface area contributed by atoms with Crippen LogP contribution in [0.3, 0.4) is 0 Å². The van der Waals surface area contributed by atoms with Gasteiger partial charge in [0.2, 0.25) is 5.91 Å². The minimum atomic E-state index is -0.888. The van der Waals surface area contributed by atoms with Crippen molar-refractivity contribution >= 4 is 11.6 Å². The van der Waals surface area contributed by atoms with Crippen LogP contribution >= 0.6 is 0 Å². The number of carbonyl (C=O) groups is 1. The minimum absolute atomic E-state index is 0.173. The molecule has 1 rings (SSSR count). The minimum Gasteiger partial charge on any atom is -0.396 e. The van der Waals surface area contributed by atoms with Crippen molar-refractivity contribution in [2.75, 3.05) is 11.9 Å². The molecule has 0 radical (unpaired) electrons. The highest BCUT2D eigenvalue weighted by atomic mass is 16.2. The van der Waals surface area contributed by atoms with Crippen molar-refractivity contribution < 1.29 is 9.90 Å². The van der Waals surface area contributed by atoms with E-state index >= 15 is 0 Å². The molecule has 0 spiro atoms. The van der Waals surface area contributed by atoms with Crippen molar-refractivity contribution in [2.24, 2.45) is 5.73 Å². The molecule has 1 amide bonds. The second-order valence-electron chi connectivity index (χ2n) is 4.70. The normalized spacial score (nSPS) is 11.3. The summed E-state index contributed by atoms with van der Waals surface area (Å²) in [5.74, 6) is -0.211. The zero-order chi connectivity index (χ0) is 12.9. The van der Waals surface area contributed by atoms with E-state index in [1.54, 1.807) is 13.8 Å². The maximum Gasteiger partial charge on any atom is 0.243 e. The lowest BCUT2D eigenvalue weighted by atomic mass is 10.1. The Kier molecular flexibility index (Phi) is 4.66. The van der Waals surface area contributed by atoms with E-state index in [-0.39, 0.29) is 12.5 Å². The molecule has 0 fully saturated rings. The molecule has 17 heavy (non-hydrogen) atoms. The van der Waals surface area contributed by atoms with Crippen LogP contribution in [0.15, 0.2) is 24.3 Å². The van der Waals surface area contributed by atoms with Crippen LogP contribution in [0.2, 0.25) is 0 Å². The van der Waals surface area contributed by atoms with Crippen molar-refractivity contribution in [3.8, 4) is 0 Å². The summed E-state index contributed by atoms with van der Waals surface area (Å²) in [5, 5.41) is 11.5. The average molecular weight is 236 g/mol. The molecule has 0 aliphatic carbocycles. The van der Waals surface area contributed by atoms with Crippen molar-refractivity contribution in [3.05, 3.63) is 29.8 Å². The second-order valence-corrected chi connectivity index (χ2v) is 4.70. The van der Waals surface area contributed by atoms with Gasteiger partial charge in [0.05, 0.1) is 5.54 Å². The zero-order valence-electron chi connectivity index (χ0n) is 10.4. The first-order valence-corrected chi connectivity index (χ1v) is 5.73. The molecule has 0 heterocycles. The Bertz CT molecular complexity index is 383. The third kappa shape index (κ3) is 4.54. The number of anilines is 1. The Hall–Kier alpha value is -1.39. The number of amides is 1. The van der Waals surface area contributed by atoms with E-state index in [0.717, 1.165) is 24.1 Å². The summed E-state index contributed by atoms with van der Waals surface area (Å²) in [7, 11) is 0. The van der Waals surface area contributed by atoms with Gasteiger partial charge in [0.25, 0.3) is 0 Å². The van der Waals surface area contributed by atoms with Crippen LogP contribution in [0.5, 0.6) is 0 Å². The average Bonchev–Trinajstić information content (AvgIpc) is 2.25. The predicted molar refractivity (Wildman–Crippen MR) is 68.7 cm³/mol. The number of hydrogen-bond acceptors (Lipinski definition) is 3. The number of nitrogens with two attached hydrogens (primary N) is 1. The van der Waals surface area contributed by atoms with E-state index in [0.29, 0.717) is 0 Å². The molecule has 4 nitrogen and oxygen atoms in total. The second kappa shape index (κ2) is 5.80. The third-order valence-corrected chi connectivity index (χ3v) is 2.39. The van der Waals surface area contributed by atoms with E-state index in [1.807, 2.05) is 24.3 Å². The maximum atomic E-state index is 11.7. The standard InChI is InChI=1S/C13H20N2O2/c1-13(2,14)12(17)15-11-7-3-5-10(9-11)6-4-8-16/h3,5,7,9,16H,4,6,8,14H2,1-2H3,(H,15,17). The fourth-order valence-corrected chi connectivity index (χ4v) is 1.38. The van der Waals surface area contributed by atoms with E-state index < -0.39 is 5.54 Å². The van der Waals surface area contributed by atoms with Gasteiger partial charge >= 0.3 is 0 Å². The van der Waals surface area contributed by atoms with Crippen LogP contribution in [0, 0.1) is 0 Å². The summed E-state index contributed by atoms with van der Waals surface area (Å²) >= 11 is 0. The molecular weight excluding hydrogens is 216 g/mol. The maximum absolute atomic E-state index is 11.7. The van der Waals surface area contributed by atoms with Crippen molar-refractivity contribution in [1.29, 1.82) is 0 Å². The zero-order valence-corrected chi connectivity index (χ0v) is 10.4. The summed E-state index contributed by atoms with van der Waals surface area (Å²) in [6.45, 7) is 3.50. The Morgan fingerprint density at radius 1 is 1.47 bits per heavy atom. The number of rotatable bonds is 5. The van der Waals surface area contributed by atoms with Gasteiger partial charge in [0.15, 0.2) is 0 Å². The molecule has 94 valence electrons. The van der Waals surface area contributed by atoms with Crippen LogP contribution in [-0.2, 0) is 11.2 Å². The fraction of sp³-hybridized carbons (Fsp3) is 0.462. The van der Waals surface area contributed by atoms with Gasteiger partial charge in [0, 0.05) is 12.3 Å². The molecule has 1 aromatic carbocycles. The first kappa shape index (κ1) is 13.7. The largest absolute Gasteiger partial charge is 0.396 e. The molecule has 0 atom stereocenters. The first-order valence-electron chi connectivity index (χ1n) is 5.73. The number of aliphatic hydroxyl groups is 1. The number of carbonyl (C=O) groups excluding carboxylic acids is 1. The topological polar surface area (TPSA) is 75.4 Å². The monoisotopic (exact) mass is 236 g/mol. The fourth-order valence-electron chi connectivity index (χ4n) is 1.38. The van der Waals surface area contributed by atoms with Crippen LogP contribution in [-0.4, -0.2) is 23.2 Å². The van der Waals surface area contributed by atoms with Crippen molar-refractivity contribution in [1.82, 2.24) is 0 Å². The van der Waals surface area contributed by atoms with Crippen molar-refractivity contribution in [2.45, 2.75) is 32.2 Å². The van der Waals surface area contributed by atoms with Gasteiger partial charge in [-0.1, -0.05) is 12.1 Å². The van der Waals surface area contributed by atoms with Gasteiger partial charge in [-0.05, 0) is 44.4 Å². The smallest absolute Gasteiger partial charge is 0.243 e. The van der Waals surface area contributed by atoms with Gasteiger partial charge in [-0.25, -0.2) is 0 Å². The molecular formula is C13H20N2O2. The highest BCUT2D eigenvalue weighted by Crippen LogP contribution is 2.13. The van der Waals surface area contributed by atoms with E-state index in [4.69, 9.17) is 10.8 Å². The van der Waals surface area contributed by atoms with E-state index in [2.05, 4.69) is 5.32 Å². The Morgan fingerprint density at radius 2 is 2.18 bits per heavy atom.